The predicted octanol–water partition coefficient (Wildman–Crippen LogP) is 1.95. The molecule has 0 aromatic carbocycles. The quantitative estimate of drug-likeness (QED) is 0.659. The Labute approximate surface area is 75.7 Å². The SMILES string of the molecule is CCCCC1(CCNC)CCO1. The minimum absolute atomic E-state index is 0.263. The Morgan fingerprint density at radius 2 is 2.17 bits per heavy atom. The van der Waals surface area contributed by atoms with Crippen molar-refractivity contribution in [1.82, 2.24) is 5.32 Å². The van der Waals surface area contributed by atoms with E-state index in [-0.39, 0.29) is 5.60 Å². The van der Waals surface area contributed by atoms with Crippen LogP contribution < -0.4 is 5.32 Å². The molecule has 1 aliphatic rings. The molecule has 0 saturated carbocycles. The van der Waals surface area contributed by atoms with E-state index in [0.29, 0.717) is 0 Å². The third-order valence-electron chi connectivity index (χ3n) is 2.78. The average Bonchev–Trinajstić information content (AvgIpc) is 2.02. The number of nitrogens with one attached hydrogen (secondary N) is 1. The summed E-state index contributed by atoms with van der Waals surface area (Å²) in [5, 5.41) is 3.19. The highest BCUT2D eigenvalue weighted by Crippen LogP contribution is 2.34. The molecular formula is C10H21NO. The van der Waals surface area contributed by atoms with Crippen LogP contribution in [0.3, 0.4) is 0 Å². The molecule has 0 aromatic rings. The van der Waals surface area contributed by atoms with Crippen molar-refractivity contribution in [2.24, 2.45) is 0 Å². The first-order chi connectivity index (χ1) is 5.83. The van der Waals surface area contributed by atoms with Gasteiger partial charge >= 0.3 is 0 Å². The lowest BCUT2D eigenvalue weighted by Gasteiger charge is -2.42. The van der Waals surface area contributed by atoms with Crippen LogP contribution in [0.5, 0.6) is 0 Å². The number of rotatable bonds is 6. The van der Waals surface area contributed by atoms with Crippen LogP contribution >= 0.6 is 0 Å². The summed E-state index contributed by atoms with van der Waals surface area (Å²) in [4.78, 5) is 0. The van der Waals surface area contributed by atoms with Gasteiger partial charge < -0.3 is 10.1 Å². The first-order valence-electron chi connectivity index (χ1n) is 5.11. The molecule has 2 nitrogen and oxygen atoms in total. The minimum Gasteiger partial charge on any atom is -0.375 e. The van der Waals surface area contributed by atoms with Crippen molar-refractivity contribution >= 4 is 0 Å². The van der Waals surface area contributed by atoms with Gasteiger partial charge in [-0.25, -0.2) is 0 Å². The summed E-state index contributed by atoms with van der Waals surface area (Å²) in [5.74, 6) is 0. The van der Waals surface area contributed by atoms with Crippen molar-refractivity contribution in [2.75, 3.05) is 20.2 Å². The highest BCUT2D eigenvalue weighted by molar-refractivity contribution is 4.87. The first-order valence-corrected chi connectivity index (χ1v) is 5.11. The van der Waals surface area contributed by atoms with Crippen LogP contribution in [0.1, 0.15) is 39.0 Å². The van der Waals surface area contributed by atoms with Crippen LogP contribution in [0.4, 0.5) is 0 Å². The predicted molar refractivity (Wildman–Crippen MR) is 51.4 cm³/mol. The summed E-state index contributed by atoms with van der Waals surface area (Å²) in [7, 11) is 2.01. The van der Waals surface area contributed by atoms with Gasteiger partial charge in [-0.05, 0) is 32.9 Å². The number of hydrogen-bond acceptors (Lipinski definition) is 2. The van der Waals surface area contributed by atoms with Crippen LogP contribution in [0.25, 0.3) is 0 Å². The molecular weight excluding hydrogens is 150 g/mol. The Bertz CT molecular complexity index is 111. The maximum absolute atomic E-state index is 5.68. The molecule has 0 radical (unpaired) electrons. The van der Waals surface area contributed by atoms with Crippen molar-refractivity contribution in [3.63, 3.8) is 0 Å². The Morgan fingerprint density at radius 3 is 2.58 bits per heavy atom. The standard InChI is InChI=1S/C10H21NO/c1-3-4-5-10(6-8-11-2)7-9-12-10/h11H,3-9H2,1-2H3. The second-order valence-corrected chi connectivity index (χ2v) is 3.74. The number of ether oxygens (including phenoxy) is 1. The minimum atomic E-state index is 0.263. The fourth-order valence-electron chi connectivity index (χ4n) is 1.76. The summed E-state index contributed by atoms with van der Waals surface area (Å²) in [5.41, 5.74) is 0.263. The second kappa shape index (κ2) is 4.83. The molecule has 1 rings (SSSR count). The maximum atomic E-state index is 5.68. The molecule has 0 aliphatic carbocycles. The lowest BCUT2D eigenvalue weighted by atomic mass is 9.86. The zero-order valence-electron chi connectivity index (χ0n) is 8.36. The topological polar surface area (TPSA) is 21.3 Å². The average molecular weight is 171 g/mol. The van der Waals surface area contributed by atoms with Crippen LogP contribution in [0, 0.1) is 0 Å². The molecule has 1 fully saturated rings. The molecule has 0 amide bonds. The lowest BCUT2D eigenvalue weighted by molar-refractivity contribution is -0.155. The van der Waals surface area contributed by atoms with Gasteiger partial charge in [-0.3, -0.25) is 0 Å². The van der Waals surface area contributed by atoms with E-state index in [1.807, 2.05) is 7.05 Å². The van der Waals surface area contributed by atoms with E-state index in [1.165, 1.54) is 32.1 Å². The fraction of sp³-hybridized carbons (Fsp3) is 1.00. The highest BCUT2D eigenvalue weighted by Gasteiger charge is 2.36. The second-order valence-electron chi connectivity index (χ2n) is 3.74. The molecule has 0 spiro atoms. The molecule has 1 atom stereocenters. The van der Waals surface area contributed by atoms with Gasteiger partial charge in [0.2, 0.25) is 0 Å². The van der Waals surface area contributed by atoms with E-state index in [1.54, 1.807) is 0 Å². The van der Waals surface area contributed by atoms with Crippen LogP contribution in [0.2, 0.25) is 0 Å². The van der Waals surface area contributed by atoms with Gasteiger partial charge in [-0.15, -0.1) is 0 Å². The van der Waals surface area contributed by atoms with E-state index in [0.717, 1.165) is 13.2 Å². The highest BCUT2D eigenvalue weighted by atomic mass is 16.5. The van der Waals surface area contributed by atoms with Gasteiger partial charge in [0, 0.05) is 0 Å². The maximum Gasteiger partial charge on any atom is 0.0716 e. The van der Waals surface area contributed by atoms with Gasteiger partial charge in [-0.1, -0.05) is 19.8 Å². The summed E-state index contributed by atoms with van der Waals surface area (Å²) in [6.45, 7) is 4.31. The summed E-state index contributed by atoms with van der Waals surface area (Å²) in [6.07, 6.45) is 6.30. The number of unbranched alkanes of at least 4 members (excludes halogenated alkanes) is 1. The van der Waals surface area contributed by atoms with Crippen LogP contribution in [0.15, 0.2) is 0 Å². The van der Waals surface area contributed by atoms with Crippen molar-refractivity contribution in [3.8, 4) is 0 Å². The van der Waals surface area contributed by atoms with E-state index in [2.05, 4.69) is 12.2 Å². The molecule has 12 heavy (non-hydrogen) atoms. The third-order valence-corrected chi connectivity index (χ3v) is 2.78. The molecule has 0 aromatic heterocycles. The van der Waals surface area contributed by atoms with E-state index >= 15 is 0 Å². The van der Waals surface area contributed by atoms with Gasteiger partial charge in [-0.2, -0.15) is 0 Å². The van der Waals surface area contributed by atoms with Gasteiger partial charge in [0.1, 0.15) is 0 Å². The summed E-state index contributed by atoms with van der Waals surface area (Å²) >= 11 is 0. The largest absolute Gasteiger partial charge is 0.375 e. The Kier molecular flexibility index (Phi) is 4.02. The summed E-state index contributed by atoms with van der Waals surface area (Å²) in [6, 6.07) is 0. The Hall–Kier alpha value is -0.0800. The zero-order valence-corrected chi connectivity index (χ0v) is 8.36. The molecule has 1 aliphatic heterocycles. The summed E-state index contributed by atoms with van der Waals surface area (Å²) < 4.78 is 5.68. The molecule has 1 unspecified atom stereocenters. The number of hydrogen-bond donors (Lipinski definition) is 1. The van der Waals surface area contributed by atoms with Gasteiger partial charge in [0.05, 0.1) is 12.2 Å². The molecule has 1 N–H and O–H groups in total. The molecule has 1 saturated heterocycles. The third kappa shape index (κ3) is 2.46. The molecule has 72 valence electrons. The zero-order chi connectivity index (χ0) is 8.86. The normalized spacial score (nSPS) is 28.5. The monoisotopic (exact) mass is 171 g/mol. The first kappa shape index (κ1) is 10.0. The van der Waals surface area contributed by atoms with E-state index in [9.17, 15) is 0 Å². The van der Waals surface area contributed by atoms with Crippen LogP contribution in [-0.2, 0) is 4.74 Å². The lowest BCUT2D eigenvalue weighted by Crippen LogP contribution is -2.45. The van der Waals surface area contributed by atoms with Gasteiger partial charge in [0.25, 0.3) is 0 Å². The van der Waals surface area contributed by atoms with E-state index < -0.39 is 0 Å². The van der Waals surface area contributed by atoms with Crippen molar-refractivity contribution in [3.05, 3.63) is 0 Å². The van der Waals surface area contributed by atoms with Crippen molar-refractivity contribution in [2.45, 2.75) is 44.6 Å². The molecule has 2 heteroatoms. The van der Waals surface area contributed by atoms with Crippen LogP contribution in [-0.4, -0.2) is 25.8 Å². The fourth-order valence-corrected chi connectivity index (χ4v) is 1.76. The van der Waals surface area contributed by atoms with Crippen molar-refractivity contribution in [1.29, 1.82) is 0 Å². The Morgan fingerprint density at radius 1 is 1.42 bits per heavy atom. The Balaban J connectivity index is 2.19. The van der Waals surface area contributed by atoms with E-state index in [4.69, 9.17) is 4.74 Å². The van der Waals surface area contributed by atoms with Crippen molar-refractivity contribution < 1.29 is 4.74 Å². The molecule has 1 heterocycles. The smallest absolute Gasteiger partial charge is 0.0716 e. The van der Waals surface area contributed by atoms with Gasteiger partial charge in [0.15, 0.2) is 0 Å². The molecule has 0 bridgehead atoms.